The molecular formula is C31H55FN6O3. The minimum Gasteiger partial charge on any atom is -0.376 e. The predicted molar refractivity (Wildman–Crippen MR) is 158 cm³/mol. The summed E-state index contributed by atoms with van der Waals surface area (Å²) in [5.41, 5.74) is 0. The standard InChI is InChI=1S/C31H55FN6O3/c1-5-40-29-16-25-23(15-26(29)37-30(39)9-7-13-38(3)4)31(21(17-33)18-35-25)36-22-10-11-28(24(32)14-22)41-19-27-20(2)8-6-12-34-27/h20-29,31,34-36H,5-16,18-19H2,1-4H3,(H,37,39). The summed E-state index contributed by atoms with van der Waals surface area (Å²) in [7, 11) is 4.03. The number of fused-ring (bicyclic) bond motifs is 1. The van der Waals surface area contributed by atoms with Gasteiger partial charge in [0.05, 0.1) is 36.8 Å². The van der Waals surface area contributed by atoms with Crippen LogP contribution in [0.15, 0.2) is 0 Å². The van der Waals surface area contributed by atoms with Crippen LogP contribution in [0, 0.1) is 29.1 Å². The van der Waals surface area contributed by atoms with E-state index in [0.717, 1.165) is 38.8 Å². The molecular weight excluding hydrogens is 523 g/mol. The van der Waals surface area contributed by atoms with Gasteiger partial charge in [0.15, 0.2) is 0 Å². The van der Waals surface area contributed by atoms with Gasteiger partial charge in [-0.3, -0.25) is 4.79 Å². The monoisotopic (exact) mass is 578 g/mol. The molecule has 4 aliphatic rings. The topological polar surface area (TPSA) is 111 Å². The van der Waals surface area contributed by atoms with Crippen molar-refractivity contribution in [3.05, 3.63) is 0 Å². The molecule has 1 amide bonds. The van der Waals surface area contributed by atoms with Gasteiger partial charge in [-0.15, -0.1) is 0 Å². The Bertz CT molecular complexity index is 858. The van der Waals surface area contributed by atoms with Crippen LogP contribution in [0.3, 0.4) is 0 Å². The summed E-state index contributed by atoms with van der Waals surface area (Å²) in [4.78, 5) is 14.9. The van der Waals surface area contributed by atoms with Gasteiger partial charge in [0.1, 0.15) is 6.17 Å². The maximum atomic E-state index is 15.4. The molecule has 4 N–H and O–H groups in total. The summed E-state index contributed by atoms with van der Waals surface area (Å²) in [6.07, 6.45) is 5.72. The Morgan fingerprint density at radius 2 is 1.95 bits per heavy atom. The van der Waals surface area contributed by atoms with E-state index >= 15 is 4.39 Å². The molecule has 9 nitrogen and oxygen atoms in total. The van der Waals surface area contributed by atoms with Crippen molar-refractivity contribution in [2.24, 2.45) is 17.8 Å². The number of halogens is 1. The first kappa shape index (κ1) is 32.6. The molecule has 10 heteroatoms. The van der Waals surface area contributed by atoms with Crippen molar-refractivity contribution in [3.63, 3.8) is 0 Å². The Hall–Kier alpha value is -1.35. The molecule has 0 spiro atoms. The SMILES string of the molecule is CCOC1CC2NCC(C#N)C(NC3CCC(OCC4NCCCC4C)C(F)C3)C2CC1NC(=O)CCCN(C)C. The maximum absolute atomic E-state index is 15.4. The number of nitrogens with zero attached hydrogens (tertiary/aromatic N) is 2. The molecule has 4 rings (SSSR count). The molecule has 0 aromatic rings. The van der Waals surface area contributed by atoms with Gasteiger partial charge in [0.25, 0.3) is 0 Å². The molecule has 11 atom stereocenters. The number of nitriles is 1. The average Bonchev–Trinajstić information content (AvgIpc) is 2.94. The summed E-state index contributed by atoms with van der Waals surface area (Å²) >= 11 is 0. The van der Waals surface area contributed by atoms with Crippen LogP contribution in [0.25, 0.3) is 0 Å². The second kappa shape index (κ2) is 15.9. The third kappa shape index (κ3) is 9.07. The normalized spacial score (nSPS) is 39.6. The number of nitrogens with one attached hydrogen (secondary N) is 4. The number of alkyl halides is 1. The lowest BCUT2D eigenvalue weighted by molar-refractivity contribution is -0.124. The summed E-state index contributed by atoms with van der Waals surface area (Å²) < 4.78 is 27.6. The first-order valence-electron chi connectivity index (χ1n) is 16.2. The van der Waals surface area contributed by atoms with E-state index < -0.39 is 6.17 Å². The van der Waals surface area contributed by atoms with Crippen LogP contribution < -0.4 is 21.3 Å². The number of carbonyl (C=O) groups excluding carboxylic acids is 1. The first-order valence-corrected chi connectivity index (χ1v) is 16.2. The van der Waals surface area contributed by atoms with Crippen molar-refractivity contribution < 1.29 is 18.7 Å². The summed E-state index contributed by atoms with van der Waals surface area (Å²) in [5.74, 6) is 0.562. The number of amides is 1. The molecule has 2 saturated carbocycles. The van der Waals surface area contributed by atoms with Gasteiger partial charge < -0.3 is 35.6 Å². The van der Waals surface area contributed by atoms with Crippen LogP contribution in [0.5, 0.6) is 0 Å². The molecule has 4 fully saturated rings. The van der Waals surface area contributed by atoms with Crippen LogP contribution in [0.1, 0.15) is 71.6 Å². The van der Waals surface area contributed by atoms with Crippen molar-refractivity contribution in [3.8, 4) is 6.07 Å². The molecule has 2 aliphatic heterocycles. The van der Waals surface area contributed by atoms with E-state index in [-0.39, 0.29) is 54.1 Å². The highest BCUT2D eigenvalue weighted by Gasteiger charge is 2.47. The molecule has 0 radical (unpaired) electrons. The van der Waals surface area contributed by atoms with Gasteiger partial charge >= 0.3 is 0 Å². The highest BCUT2D eigenvalue weighted by molar-refractivity contribution is 5.76. The molecule has 234 valence electrons. The smallest absolute Gasteiger partial charge is 0.220 e. The van der Waals surface area contributed by atoms with Gasteiger partial charge in [-0.2, -0.15) is 5.26 Å². The molecule has 0 bridgehead atoms. The molecule has 2 saturated heterocycles. The fourth-order valence-corrected chi connectivity index (χ4v) is 7.55. The van der Waals surface area contributed by atoms with E-state index in [1.165, 1.54) is 12.8 Å². The maximum Gasteiger partial charge on any atom is 0.220 e. The minimum atomic E-state index is -1.01. The Labute approximate surface area is 247 Å². The Kier molecular flexibility index (Phi) is 12.6. The summed E-state index contributed by atoms with van der Waals surface area (Å²) in [6, 6.07) is 2.88. The Balaban J connectivity index is 1.34. The van der Waals surface area contributed by atoms with Gasteiger partial charge in [-0.25, -0.2) is 4.39 Å². The lowest BCUT2D eigenvalue weighted by Gasteiger charge is -2.50. The molecule has 41 heavy (non-hydrogen) atoms. The van der Waals surface area contributed by atoms with Crippen LogP contribution in [0.4, 0.5) is 4.39 Å². The number of hydrogen-bond donors (Lipinski definition) is 4. The van der Waals surface area contributed by atoms with Crippen molar-refractivity contribution in [1.29, 1.82) is 5.26 Å². The number of carbonyl (C=O) groups is 1. The van der Waals surface area contributed by atoms with E-state index in [0.29, 0.717) is 51.0 Å². The van der Waals surface area contributed by atoms with Crippen LogP contribution >= 0.6 is 0 Å². The fraction of sp³-hybridized carbons (Fsp3) is 0.935. The lowest BCUT2D eigenvalue weighted by atomic mass is 9.69. The fourth-order valence-electron chi connectivity index (χ4n) is 7.55. The largest absolute Gasteiger partial charge is 0.376 e. The van der Waals surface area contributed by atoms with E-state index in [1.807, 2.05) is 21.0 Å². The Morgan fingerprint density at radius 1 is 1.12 bits per heavy atom. The molecule has 0 aromatic heterocycles. The highest BCUT2D eigenvalue weighted by Crippen LogP contribution is 2.36. The first-order chi connectivity index (χ1) is 19.8. The van der Waals surface area contributed by atoms with E-state index in [1.54, 1.807) is 0 Å². The van der Waals surface area contributed by atoms with Crippen LogP contribution in [0.2, 0.25) is 0 Å². The third-order valence-corrected chi connectivity index (χ3v) is 9.94. The number of piperidine rings is 2. The number of hydrogen-bond acceptors (Lipinski definition) is 8. The van der Waals surface area contributed by atoms with Gasteiger partial charge in [0.2, 0.25) is 5.91 Å². The van der Waals surface area contributed by atoms with Gasteiger partial charge in [0, 0.05) is 43.7 Å². The number of ether oxygens (including phenoxy) is 2. The second-order valence-electron chi connectivity index (χ2n) is 13.2. The van der Waals surface area contributed by atoms with Crippen molar-refractivity contribution in [2.45, 2.75) is 120 Å². The zero-order valence-corrected chi connectivity index (χ0v) is 25.7. The average molecular weight is 579 g/mol. The Morgan fingerprint density at radius 3 is 2.66 bits per heavy atom. The third-order valence-electron chi connectivity index (χ3n) is 9.94. The van der Waals surface area contributed by atoms with E-state index in [2.05, 4.69) is 39.2 Å². The lowest BCUT2D eigenvalue weighted by Crippen LogP contribution is -2.66. The van der Waals surface area contributed by atoms with E-state index in [4.69, 9.17) is 9.47 Å². The predicted octanol–water partition coefficient (Wildman–Crippen LogP) is 2.36. The zero-order chi connectivity index (χ0) is 29.4. The summed E-state index contributed by atoms with van der Waals surface area (Å²) in [5, 5.41) is 24.2. The van der Waals surface area contributed by atoms with Crippen molar-refractivity contribution in [2.75, 3.05) is 46.9 Å². The minimum absolute atomic E-state index is 0.0138. The molecule has 2 heterocycles. The molecule has 0 aromatic carbocycles. The molecule has 11 unspecified atom stereocenters. The summed E-state index contributed by atoms with van der Waals surface area (Å²) in [6.45, 7) is 7.90. The highest BCUT2D eigenvalue weighted by atomic mass is 19.1. The van der Waals surface area contributed by atoms with Crippen LogP contribution in [-0.4, -0.2) is 106 Å². The van der Waals surface area contributed by atoms with Gasteiger partial charge in [-0.05, 0) is 97.3 Å². The zero-order valence-electron chi connectivity index (χ0n) is 25.7. The van der Waals surface area contributed by atoms with Crippen molar-refractivity contribution >= 4 is 5.91 Å². The quantitative estimate of drug-likeness (QED) is 0.280. The van der Waals surface area contributed by atoms with E-state index in [9.17, 15) is 10.1 Å². The van der Waals surface area contributed by atoms with Gasteiger partial charge in [-0.1, -0.05) is 6.92 Å². The molecule has 2 aliphatic carbocycles. The second-order valence-corrected chi connectivity index (χ2v) is 13.2. The number of rotatable bonds is 12. The van der Waals surface area contributed by atoms with Crippen LogP contribution in [-0.2, 0) is 14.3 Å². The van der Waals surface area contributed by atoms with Crippen molar-refractivity contribution in [1.82, 2.24) is 26.2 Å².